The smallest absolute Gasteiger partial charge is 0.244 e. The van der Waals surface area contributed by atoms with E-state index in [2.05, 4.69) is 4.98 Å². The van der Waals surface area contributed by atoms with Crippen LogP contribution in [0.1, 0.15) is 12.6 Å². The molecule has 2 N–H and O–H groups in total. The first kappa shape index (κ1) is 16.0. The van der Waals surface area contributed by atoms with Gasteiger partial charge in [0.1, 0.15) is 9.88 Å². The Morgan fingerprint density at radius 1 is 1.58 bits per heavy atom. The monoisotopic (exact) mass is 303 g/mol. The lowest BCUT2D eigenvalue weighted by atomic mass is 10.3. The molecular formula is C11H17N3O3S2. The Hall–Kier alpha value is -1.09. The molecule has 1 aromatic heterocycles. The van der Waals surface area contributed by atoms with Gasteiger partial charge in [0, 0.05) is 26.4 Å². The van der Waals surface area contributed by atoms with Crippen molar-refractivity contribution in [2.24, 2.45) is 5.73 Å². The number of ether oxygens (including phenoxy) is 1. The van der Waals surface area contributed by atoms with Gasteiger partial charge in [-0.05, 0) is 19.1 Å². The fourth-order valence-electron chi connectivity index (χ4n) is 1.43. The Bertz CT molecular complexity index is 543. The number of nitrogens with two attached hydrogens (primary N) is 1. The van der Waals surface area contributed by atoms with Gasteiger partial charge >= 0.3 is 0 Å². The minimum atomic E-state index is -3.60. The molecule has 0 spiro atoms. The molecule has 0 saturated heterocycles. The normalized spacial score (nSPS) is 13.5. The Morgan fingerprint density at radius 2 is 2.21 bits per heavy atom. The fraction of sp³-hybridized carbons (Fsp3) is 0.455. The van der Waals surface area contributed by atoms with Crippen LogP contribution >= 0.6 is 12.2 Å². The van der Waals surface area contributed by atoms with Crippen LogP contribution in [-0.4, -0.2) is 49.5 Å². The van der Waals surface area contributed by atoms with Gasteiger partial charge in [0.05, 0.1) is 12.3 Å². The minimum Gasteiger partial charge on any atom is -0.388 e. The van der Waals surface area contributed by atoms with Crippen LogP contribution in [0.2, 0.25) is 0 Å². The van der Waals surface area contributed by atoms with Crippen molar-refractivity contribution in [3.63, 3.8) is 0 Å². The summed E-state index contributed by atoms with van der Waals surface area (Å²) in [5.74, 6) is 0. The summed E-state index contributed by atoms with van der Waals surface area (Å²) in [4.78, 5) is 4.15. The van der Waals surface area contributed by atoms with E-state index in [1.54, 1.807) is 6.92 Å². The molecule has 106 valence electrons. The summed E-state index contributed by atoms with van der Waals surface area (Å²) < 4.78 is 30.8. The minimum absolute atomic E-state index is 0.0953. The molecule has 1 heterocycles. The van der Waals surface area contributed by atoms with Gasteiger partial charge in [0.15, 0.2) is 0 Å². The van der Waals surface area contributed by atoms with Gasteiger partial charge in [-0.2, -0.15) is 4.31 Å². The van der Waals surface area contributed by atoms with Crippen LogP contribution in [0.5, 0.6) is 0 Å². The zero-order valence-corrected chi connectivity index (χ0v) is 12.7. The van der Waals surface area contributed by atoms with Crippen LogP contribution in [0.15, 0.2) is 23.2 Å². The van der Waals surface area contributed by atoms with Crippen LogP contribution in [0.4, 0.5) is 0 Å². The number of thiocarbonyl (C=S) groups is 1. The second-order valence-electron chi connectivity index (χ2n) is 4.07. The van der Waals surface area contributed by atoms with E-state index in [1.165, 1.54) is 36.8 Å². The molecule has 0 aliphatic carbocycles. The lowest BCUT2D eigenvalue weighted by Crippen LogP contribution is -2.37. The van der Waals surface area contributed by atoms with Gasteiger partial charge in [0.25, 0.3) is 0 Å². The van der Waals surface area contributed by atoms with Gasteiger partial charge in [0.2, 0.25) is 10.0 Å². The second kappa shape index (κ2) is 6.38. The molecule has 0 saturated carbocycles. The highest BCUT2D eigenvalue weighted by molar-refractivity contribution is 7.89. The fourth-order valence-corrected chi connectivity index (χ4v) is 2.84. The Labute approximate surface area is 118 Å². The number of likely N-dealkylation sites (N-methyl/N-ethyl adjacent to an activating group) is 1. The molecule has 1 aromatic rings. The summed E-state index contributed by atoms with van der Waals surface area (Å²) in [7, 11) is -0.572. The van der Waals surface area contributed by atoms with E-state index < -0.39 is 10.0 Å². The van der Waals surface area contributed by atoms with E-state index in [-0.39, 0.29) is 15.9 Å². The maximum Gasteiger partial charge on any atom is 0.244 e. The maximum absolute atomic E-state index is 12.3. The van der Waals surface area contributed by atoms with Crippen molar-refractivity contribution < 1.29 is 13.2 Å². The molecule has 1 atom stereocenters. The van der Waals surface area contributed by atoms with E-state index >= 15 is 0 Å². The summed E-state index contributed by atoms with van der Waals surface area (Å²) in [6, 6.07) is 2.65. The zero-order chi connectivity index (χ0) is 14.6. The van der Waals surface area contributed by atoms with Crippen molar-refractivity contribution in [2.75, 3.05) is 20.8 Å². The molecule has 0 bridgehead atoms. The van der Waals surface area contributed by atoms with Crippen molar-refractivity contribution >= 4 is 27.2 Å². The molecule has 8 heteroatoms. The van der Waals surface area contributed by atoms with Gasteiger partial charge in [-0.3, -0.25) is 4.98 Å². The number of hydrogen-bond acceptors (Lipinski definition) is 5. The molecular weight excluding hydrogens is 286 g/mol. The summed E-state index contributed by atoms with van der Waals surface area (Å²) in [6.07, 6.45) is 1.25. The predicted octanol–water partition coefficient (Wildman–Crippen LogP) is 0.371. The highest BCUT2D eigenvalue weighted by atomic mass is 32.2. The number of sulfonamides is 1. The molecule has 0 radical (unpaired) electrons. The topological polar surface area (TPSA) is 85.5 Å². The molecule has 0 amide bonds. The van der Waals surface area contributed by atoms with Crippen LogP contribution < -0.4 is 5.73 Å². The standard InChI is InChI=1S/C11H17N3O3S2/c1-8(7-17-3)14(2)19(15,16)9-4-5-10(11(12)18)13-6-9/h4-6,8H,7H2,1-3H3,(H2,12,18). The molecule has 1 unspecified atom stereocenters. The van der Waals surface area contributed by atoms with Crippen molar-refractivity contribution in [1.29, 1.82) is 0 Å². The second-order valence-corrected chi connectivity index (χ2v) is 6.51. The molecule has 0 fully saturated rings. The third kappa shape index (κ3) is 3.69. The summed E-state index contributed by atoms with van der Waals surface area (Å²) in [5.41, 5.74) is 5.80. The van der Waals surface area contributed by atoms with E-state index in [0.717, 1.165) is 0 Å². The van der Waals surface area contributed by atoms with Gasteiger partial charge < -0.3 is 10.5 Å². The highest BCUT2D eigenvalue weighted by Gasteiger charge is 2.25. The van der Waals surface area contributed by atoms with E-state index in [0.29, 0.717) is 12.3 Å². The Morgan fingerprint density at radius 3 is 2.63 bits per heavy atom. The number of methoxy groups -OCH3 is 1. The quantitative estimate of drug-likeness (QED) is 0.764. The lowest BCUT2D eigenvalue weighted by molar-refractivity contribution is 0.149. The third-order valence-corrected chi connectivity index (χ3v) is 4.86. The van der Waals surface area contributed by atoms with Crippen molar-refractivity contribution in [3.8, 4) is 0 Å². The first-order valence-electron chi connectivity index (χ1n) is 5.53. The van der Waals surface area contributed by atoms with Crippen LogP contribution in [0.3, 0.4) is 0 Å². The van der Waals surface area contributed by atoms with Gasteiger partial charge in [-0.25, -0.2) is 8.42 Å². The number of pyridine rings is 1. The number of hydrogen-bond donors (Lipinski definition) is 1. The lowest BCUT2D eigenvalue weighted by Gasteiger charge is -2.23. The summed E-state index contributed by atoms with van der Waals surface area (Å²) in [5, 5.41) is 0. The molecule has 19 heavy (non-hydrogen) atoms. The highest BCUT2D eigenvalue weighted by Crippen LogP contribution is 2.16. The van der Waals surface area contributed by atoms with E-state index in [4.69, 9.17) is 22.7 Å². The van der Waals surface area contributed by atoms with Crippen molar-refractivity contribution in [2.45, 2.75) is 17.9 Å². The van der Waals surface area contributed by atoms with Gasteiger partial charge in [-0.15, -0.1) is 0 Å². The summed E-state index contributed by atoms with van der Waals surface area (Å²) in [6.45, 7) is 2.08. The average Bonchev–Trinajstić information content (AvgIpc) is 2.38. The molecule has 1 rings (SSSR count). The summed E-state index contributed by atoms with van der Waals surface area (Å²) >= 11 is 4.77. The SMILES string of the molecule is COCC(C)N(C)S(=O)(=O)c1ccc(C(N)=S)nc1. The Kier molecular flexibility index (Phi) is 5.36. The van der Waals surface area contributed by atoms with Gasteiger partial charge in [-0.1, -0.05) is 12.2 Å². The molecule has 6 nitrogen and oxygen atoms in total. The van der Waals surface area contributed by atoms with E-state index in [1.807, 2.05) is 0 Å². The number of rotatable bonds is 6. The van der Waals surface area contributed by atoms with Crippen molar-refractivity contribution in [3.05, 3.63) is 24.0 Å². The maximum atomic E-state index is 12.3. The van der Waals surface area contributed by atoms with Crippen LogP contribution in [0.25, 0.3) is 0 Å². The first-order valence-corrected chi connectivity index (χ1v) is 7.38. The largest absolute Gasteiger partial charge is 0.388 e. The van der Waals surface area contributed by atoms with Crippen LogP contribution in [0, 0.1) is 0 Å². The predicted molar refractivity (Wildman–Crippen MR) is 76.4 cm³/mol. The number of aromatic nitrogens is 1. The molecule has 0 aromatic carbocycles. The number of nitrogens with zero attached hydrogens (tertiary/aromatic N) is 2. The third-order valence-electron chi connectivity index (χ3n) is 2.69. The van der Waals surface area contributed by atoms with Crippen molar-refractivity contribution in [1.82, 2.24) is 9.29 Å². The van der Waals surface area contributed by atoms with Crippen LogP contribution in [-0.2, 0) is 14.8 Å². The zero-order valence-electron chi connectivity index (χ0n) is 11.0. The Balaban J connectivity index is 3.03. The average molecular weight is 303 g/mol. The van der Waals surface area contributed by atoms with E-state index in [9.17, 15) is 8.42 Å². The molecule has 0 aliphatic rings. The molecule has 0 aliphatic heterocycles. The first-order chi connectivity index (χ1) is 8.80.